The number of methoxy groups -OCH3 is 2. The van der Waals surface area contributed by atoms with Crippen molar-refractivity contribution >= 4 is 25.6 Å². The van der Waals surface area contributed by atoms with Crippen LogP contribution in [0.25, 0.3) is 0 Å². The van der Waals surface area contributed by atoms with Crippen molar-refractivity contribution in [2.45, 2.75) is 0 Å². The molecule has 0 spiro atoms. The zero-order chi connectivity index (χ0) is 11.5. The maximum absolute atomic E-state index is 10.8. The molecule has 15 heavy (non-hydrogen) atoms. The van der Waals surface area contributed by atoms with E-state index in [0.717, 1.165) is 0 Å². The summed E-state index contributed by atoms with van der Waals surface area (Å²) in [6.07, 6.45) is 0. The van der Waals surface area contributed by atoms with E-state index < -0.39 is 9.24 Å². The first-order valence-electron chi connectivity index (χ1n) is 3.90. The number of hydrogen-bond acceptors (Lipinski definition) is 4. The quantitative estimate of drug-likeness (QED) is 0.826. The van der Waals surface area contributed by atoms with Gasteiger partial charge in [-0.1, -0.05) is 0 Å². The molecule has 1 N–H and O–H groups in total. The molecule has 1 aromatic carbocycles. The van der Waals surface area contributed by atoms with E-state index in [9.17, 15) is 8.42 Å². The molecule has 7 heteroatoms. The first-order chi connectivity index (χ1) is 6.96. The van der Waals surface area contributed by atoms with Crippen molar-refractivity contribution in [3.63, 3.8) is 0 Å². The fourth-order valence-electron chi connectivity index (χ4n) is 1.01. The monoisotopic (exact) mass is 251 g/mol. The zero-order valence-electron chi connectivity index (χ0n) is 8.15. The van der Waals surface area contributed by atoms with Gasteiger partial charge in [-0.25, -0.2) is 0 Å². The molecule has 0 aliphatic rings. The number of ether oxygens (including phenoxy) is 2. The van der Waals surface area contributed by atoms with Crippen LogP contribution in [0.15, 0.2) is 18.2 Å². The molecule has 0 radical (unpaired) electrons. The lowest BCUT2D eigenvalue weighted by Crippen LogP contribution is -2.05. The van der Waals surface area contributed by atoms with Crippen LogP contribution < -0.4 is 14.2 Å². The highest BCUT2D eigenvalue weighted by atomic mass is 35.7. The number of anilines is 1. The predicted octanol–water partition coefficient (Wildman–Crippen LogP) is 1.60. The standard InChI is InChI=1S/C8H10ClNO4S/c1-13-6-3-4-7(8(5-6)14-2)10-15(9,11)12/h3-5,10H,1-2H3. The molecule has 0 fully saturated rings. The van der Waals surface area contributed by atoms with Gasteiger partial charge in [-0.2, -0.15) is 8.42 Å². The van der Waals surface area contributed by atoms with Crippen LogP contribution in [0.3, 0.4) is 0 Å². The molecule has 1 aromatic rings. The molecule has 0 saturated heterocycles. The highest BCUT2D eigenvalue weighted by Crippen LogP contribution is 2.29. The Bertz CT molecular complexity index is 446. The Labute approximate surface area is 92.5 Å². The number of nitrogens with one attached hydrogen (secondary N) is 1. The lowest BCUT2D eigenvalue weighted by Gasteiger charge is -2.09. The van der Waals surface area contributed by atoms with Crippen molar-refractivity contribution in [2.24, 2.45) is 0 Å². The fraction of sp³-hybridized carbons (Fsp3) is 0.250. The Kier molecular flexibility index (Phi) is 3.65. The second-order valence-electron chi connectivity index (χ2n) is 2.61. The largest absolute Gasteiger partial charge is 0.497 e. The van der Waals surface area contributed by atoms with E-state index >= 15 is 0 Å². The fourth-order valence-corrected chi connectivity index (χ4v) is 1.69. The lowest BCUT2D eigenvalue weighted by atomic mass is 10.3. The van der Waals surface area contributed by atoms with Crippen LogP contribution in [-0.2, 0) is 9.24 Å². The van der Waals surface area contributed by atoms with E-state index in [1.165, 1.54) is 20.3 Å². The molecule has 0 heterocycles. The number of rotatable bonds is 4. The zero-order valence-corrected chi connectivity index (χ0v) is 9.72. The summed E-state index contributed by atoms with van der Waals surface area (Å²) in [6.45, 7) is 0. The third-order valence-corrected chi connectivity index (χ3v) is 2.34. The molecular formula is C8H10ClNO4S. The van der Waals surface area contributed by atoms with Crippen LogP contribution in [0.5, 0.6) is 11.5 Å². The number of hydrogen-bond donors (Lipinski definition) is 1. The van der Waals surface area contributed by atoms with Gasteiger partial charge in [0.2, 0.25) is 0 Å². The molecule has 0 saturated carbocycles. The predicted molar refractivity (Wildman–Crippen MR) is 57.9 cm³/mol. The molecule has 0 aromatic heterocycles. The van der Waals surface area contributed by atoms with E-state index in [2.05, 4.69) is 4.72 Å². The van der Waals surface area contributed by atoms with Crippen molar-refractivity contribution in [1.29, 1.82) is 0 Å². The van der Waals surface area contributed by atoms with Gasteiger partial charge in [0.15, 0.2) is 0 Å². The van der Waals surface area contributed by atoms with Gasteiger partial charge in [-0.15, -0.1) is 0 Å². The van der Waals surface area contributed by atoms with Crippen LogP contribution in [0.2, 0.25) is 0 Å². The van der Waals surface area contributed by atoms with Crippen LogP contribution >= 0.6 is 10.7 Å². The third-order valence-electron chi connectivity index (χ3n) is 1.64. The molecular weight excluding hydrogens is 242 g/mol. The minimum absolute atomic E-state index is 0.258. The average Bonchev–Trinajstić information content (AvgIpc) is 2.16. The Morgan fingerprint density at radius 1 is 1.27 bits per heavy atom. The molecule has 0 atom stereocenters. The van der Waals surface area contributed by atoms with E-state index in [1.807, 2.05) is 0 Å². The van der Waals surface area contributed by atoms with Gasteiger partial charge >= 0.3 is 9.24 Å². The summed E-state index contributed by atoms with van der Waals surface area (Å²) in [5.74, 6) is 0.892. The summed E-state index contributed by atoms with van der Waals surface area (Å²) in [7, 11) is 4.13. The van der Waals surface area contributed by atoms with Gasteiger partial charge in [0.25, 0.3) is 0 Å². The molecule has 0 amide bonds. The normalized spacial score (nSPS) is 10.9. The Morgan fingerprint density at radius 3 is 2.40 bits per heavy atom. The highest BCUT2D eigenvalue weighted by molar-refractivity contribution is 8.14. The van der Waals surface area contributed by atoms with Crippen molar-refractivity contribution in [3.8, 4) is 11.5 Å². The van der Waals surface area contributed by atoms with Gasteiger partial charge in [0.1, 0.15) is 11.5 Å². The second kappa shape index (κ2) is 4.59. The molecule has 0 unspecified atom stereocenters. The molecule has 0 bridgehead atoms. The van der Waals surface area contributed by atoms with E-state index in [-0.39, 0.29) is 5.69 Å². The van der Waals surface area contributed by atoms with Gasteiger partial charge in [0, 0.05) is 16.7 Å². The first kappa shape index (κ1) is 11.9. The van der Waals surface area contributed by atoms with Crippen LogP contribution in [0.1, 0.15) is 0 Å². The van der Waals surface area contributed by atoms with E-state index in [4.69, 9.17) is 20.2 Å². The smallest absolute Gasteiger partial charge is 0.319 e. The lowest BCUT2D eigenvalue weighted by molar-refractivity contribution is 0.395. The SMILES string of the molecule is COc1ccc(NS(=O)(=O)Cl)c(OC)c1. The molecule has 84 valence electrons. The Morgan fingerprint density at radius 2 is 1.93 bits per heavy atom. The summed E-state index contributed by atoms with van der Waals surface area (Å²) in [5.41, 5.74) is 0.258. The second-order valence-corrected chi connectivity index (χ2v) is 4.90. The summed E-state index contributed by atoms with van der Waals surface area (Å²) >= 11 is 0. The number of halogens is 1. The molecule has 0 aliphatic carbocycles. The van der Waals surface area contributed by atoms with Gasteiger partial charge in [-0.05, 0) is 12.1 Å². The van der Waals surface area contributed by atoms with Crippen LogP contribution in [-0.4, -0.2) is 22.6 Å². The third kappa shape index (κ3) is 3.49. The first-order valence-corrected chi connectivity index (χ1v) is 6.21. The van der Waals surface area contributed by atoms with Gasteiger partial charge in [-0.3, -0.25) is 4.72 Å². The van der Waals surface area contributed by atoms with Crippen molar-refractivity contribution in [3.05, 3.63) is 18.2 Å². The maximum atomic E-state index is 10.8. The van der Waals surface area contributed by atoms with Crippen molar-refractivity contribution in [1.82, 2.24) is 0 Å². The van der Waals surface area contributed by atoms with Crippen LogP contribution in [0.4, 0.5) is 5.69 Å². The minimum Gasteiger partial charge on any atom is -0.497 e. The average molecular weight is 252 g/mol. The molecule has 5 nitrogen and oxygen atoms in total. The summed E-state index contributed by atoms with van der Waals surface area (Å²) in [6, 6.07) is 4.63. The molecule has 1 rings (SSSR count). The Balaban J connectivity index is 3.08. The minimum atomic E-state index is -3.83. The Hall–Kier alpha value is -1.14. The van der Waals surface area contributed by atoms with E-state index in [0.29, 0.717) is 11.5 Å². The van der Waals surface area contributed by atoms with Crippen LogP contribution in [0, 0.1) is 0 Å². The van der Waals surface area contributed by atoms with Crippen molar-refractivity contribution in [2.75, 3.05) is 18.9 Å². The highest BCUT2D eigenvalue weighted by Gasteiger charge is 2.10. The summed E-state index contributed by atoms with van der Waals surface area (Å²) in [4.78, 5) is 0. The summed E-state index contributed by atoms with van der Waals surface area (Å²) < 4.78 is 33.6. The van der Waals surface area contributed by atoms with Gasteiger partial charge in [0.05, 0.1) is 19.9 Å². The summed E-state index contributed by atoms with van der Waals surface area (Å²) in [5, 5.41) is 0. The maximum Gasteiger partial charge on any atom is 0.319 e. The number of benzene rings is 1. The van der Waals surface area contributed by atoms with E-state index in [1.54, 1.807) is 12.1 Å². The van der Waals surface area contributed by atoms with Gasteiger partial charge < -0.3 is 9.47 Å². The van der Waals surface area contributed by atoms with Crippen molar-refractivity contribution < 1.29 is 17.9 Å². The topological polar surface area (TPSA) is 64.6 Å². The molecule has 0 aliphatic heterocycles.